The van der Waals surface area contributed by atoms with Gasteiger partial charge in [-0.15, -0.1) is 11.3 Å². The first-order valence-corrected chi connectivity index (χ1v) is 18.8. The molecule has 11 rings (SSSR count). The normalized spacial score (nSPS) is 12.8. The minimum atomic E-state index is 0.418. The zero-order valence-electron chi connectivity index (χ0n) is 28.7. The van der Waals surface area contributed by atoms with Crippen LogP contribution in [0.15, 0.2) is 175 Å². The molecule has 4 nitrogen and oxygen atoms in total. The highest BCUT2D eigenvalue weighted by atomic mass is 32.1. The molecule has 10 aromatic rings. The van der Waals surface area contributed by atoms with Gasteiger partial charge in [0.25, 0.3) is 0 Å². The number of hydrogen-bond donors (Lipinski definition) is 1. The standard InChI is InChI=1S/C48H32N4S/c49-46-38-19-7-9-23-44(38)53-48(46)47(33-24-25-36-35-18-6-8-21-40(35)52(43(36)28-33)34-16-2-1-3-17-34)50-29-51-41-22-11-15-30-14-10-20-37(45(30)41)39-26-31-12-4-5-13-32(31)27-42(39)51/h1-28H,29,49H2/b50-47-. The topological polar surface area (TPSA) is 46.5 Å². The van der Waals surface area contributed by atoms with E-state index in [1.807, 2.05) is 0 Å². The number of fused-ring (bicyclic) bond motifs is 7. The summed E-state index contributed by atoms with van der Waals surface area (Å²) in [5.41, 5.74) is 18.0. The summed E-state index contributed by atoms with van der Waals surface area (Å²) in [7, 11) is 0. The van der Waals surface area contributed by atoms with Crippen molar-refractivity contribution >= 4 is 87.5 Å². The summed E-state index contributed by atoms with van der Waals surface area (Å²) < 4.78 is 3.52. The van der Waals surface area contributed by atoms with Crippen LogP contribution in [0.4, 0.5) is 17.1 Å². The fourth-order valence-electron chi connectivity index (χ4n) is 8.37. The maximum atomic E-state index is 7.06. The van der Waals surface area contributed by atoms with Crippen molar-refractivity contribution in [2.45, 2.75) is 0 Å². The Morgan fingerprint density at radius 1 is 0.547 bits per heavy atom. The quantitative estimate of drug-likeness (QED) is 0.182. The molecule has 0 atom stereocenters. The number of nitrogen functional groups attached to an aromatic ring is 1. The SMILES string of the molecule is Nc1c(/C(=N\CN2c3cc4ccccc4cc3-c3cccc4cccc2c34)c2ccc3c4ccccc4n(-c4ccccc4)c3c2)sc2ccccc12. The van der Waals surface area contributed by atoms with E-state index < -0.39 is 0 Å². The minimum absolute atomic E-state index is 0.418. The lowest BCUT2D eigenvalue weighted by Crippen LogP contribution is -2.22. The van der Waals surface area contributed by atoms with Crippen molar-refractivity contribution in [2.75, 3.05) is 17.3 Å². The van der Waals surface area contributed by atoms with Crippen LogP contribution in [0, 0.1) is 0 Å². The lowest BCUT2D eigenvalue weighted by Gasteiger charge is -2.33. The molecule has 3 heterocycles. The van der Waals surface area contributed by atoms with Crippen molar-refractivity contribution in [3.8, 4) is 16.8 Å². The van der Waals surface area contributed by atoms with Crippen LogP contribution in [0.1, 0.15) is 10.4 Å². The molecular weight excluding hydrogens is 665 g/mol. The summed E-state index contributed by atoms with van der Waals surface area (Å²) in [5, 5.41) is 8.41. The number of aromatic nitrogens is 1. The third-order valence-electron chi connectivity index (χ3n) is 10.8. The van der Waals surface area contributed by atoms with Crippen LogP contribution in [0.25, 0.3) is 70.3 Å². The van der Waals surface area contributed by atoms with Gasteiger partial charge in [0.05, 0.1) is 38.7 Å². The third kappa shape index (κ3) is 4.57. The fraction of sp³-hybridized carbons (Fsp3) is 0.0208. The van der Waals surface area contributed by atoms with Gasteiger partial charge in [-0.1, -0.05) is 121 Å². The number of rotatable bonds is 5. The van der Waals surface area contributed by atoms with Crippen molar-refractivity contribution in [3.63, 3.8) is 0 Å². The summed E-state index contributed by atoms with van der Waals surface area (Å²) in [6.45, 7) is 0.418. The molecule has 0 radical (unpaired) electrons. The van der Waals surface area contributed by atoms with Crippen molar-refractivity contribution in [1.82, 2.24) is 4.57 Å². The molecule has 1 aliphatic heterocycles. The van der Waals surface area contributed by atoms with Gasteiger partial charge >= 0.3 is 0 Å². The maximum absolute atomic E-state index is 7.06. The molecule has 0 fully saturated rings. The predicted molar refractivity (Wildman–Crippen MR) is 227 cm³/mol. The van der Waals surface area contributed by atoms with Crippen LogP contribution in [0.2, 0.25) is 0 Å². The monoisotopic (exact) mass is 696 g/mol. The summed E-state index contributed by atoms with van der Waals surface area (Å²) in [6, 6.07) is 61.0. The van der Waals surface area contributed by atoms with Gasteiger partial charge in [-0.05, 0) is 70.3 Å². The van der Waals surface area contributed by atoms with Crippen LogP contribution >= 0.6 is 11.3 Å². The molecule has 250 valence electrons. The van der Waals surface area contributed by atoms with Gasteiger partial charge in [0.2, 0.25) is 0 Å². The highest BCUT2D eigenvalue weighted by Crippen LogP contribution is 2.49. The average Bonchev–Trinajstić information content (AvgIpc) is 3.72. The molecule has 53 heavy (non-hydrogen) atoms. The van der Waals surface area contributed by atoms with Gasteiger partial charge in [0.15, 0.2) is 0 Å². The number of aliphatic imine (C=N–C) groups is 1. The van der Waals surface area contributed by atoms with Gasteiger partial charge < -0.3 is 15.2 Å². The number of benzene rings is 8. The van der Waals surface area contributed by atoms with Gasteiger partial charge in [-0.2, -0.15) is 0 Å². The molecule has 0 amide bonds. The van der Waals surface area contributed by atoms with Crippen molar-refractivity contribution in [2.24, 2.45) is 4.99 Å². The molecule has 8 aromatic carbocycles. The molecule has 0 bridgehead atoms. The van der Waals surface area contributed by atoms with Crippen LogP contribution in [0.5, 0.6) is 0 Å². The van der Waals surface area contributed by atoms with Crippen molar-refractivity contribution < 1.29 is 0 Å². The molecule has 2 aromatic heterocycles. The molecule has 2 N–H and O–H groups in total. The largest absolute Gasteiger partial charge is 0.397 e. The first-order valence-electron chi connectivity index (χ1n) is 17.9. The van der Waals surface area contributed by atoms with Gasteiger partial charge in [-0.25, -0.2) is 0 Å². The Hall–Kier alpha value is -6.69. The minimum Gasteiger partial charge on any atom is -0.397 e. The summed E-state index contributed by atoms with van der Waals surface area (Å²) in [6.07, 6.45) is 0. The first-order chi connectivity index (χ1) is 26.2. The molecule has 0 spiro atoms. The van der Waals surface area contributed by atoms with E-state index in [1.54, 1.807) is 11.3 Å². The van der Waals surface area contributed by atoms with E-state index in [1.165, 1.54) is 49.0 Å². The Morgan fingerprint density at radius 2 is 1.25 bits per heavy atom. The Labute approximate surface area is 310 Å². The molecule has 0 unspecified atom stereocenters. The highest BCUT2D eigenvalue weighted by Gasteiger charge is 2.26. The third-order valence-corrected chi connectivity index (χ3v) is 12.0. The molecule has 1 aliphatic rings. The predicted octanol–water partition coefficient (Wildman–Crippen LogP) is 12.5. The lowest BCUT2D eigenvalue weighted by molar-refractivity contribution is 0.986. The number of hydrogen-bond acceptors (Lipinski definition) is 4. The van der Waals surface area contributed by atoms with E-state index in [4.69, 9.17) is 10.7 Å². The van der Waals surface area contributed by atoms with E-state index in [9.17, 15) is 0 Å². The number of nitrogens with two attached hydrogens (primary N) is 1. The van der Waals surface area contributed by atoms with Crippen LogP contribution in [-0.4, -0.2) is 16.9 Å². The van der Waals surface area contributed by atoms with Gasteiger partial charge in [0, 0.05) is 43.1 Å². The molecule has 0 saturated carbocycles. The Kier molecular flexibility index (Phi) is 6.60. The first kappa shape index (κ1) is 30.0. The van der Waals surface area contributed by atoms with Crippen LogP contribution in [-0.2, 0) is 0 Å². The second kappa shape index (κ2) is 11.7. The van der Waals surface area contributed by atoms with E-state index in [-0.39, 0.29) is 0 Å². The molecule has 0 aliphatic carbocycles. The molecular formula is C48H32N4S. The zero-order valence-corrected chi connectivity index (χ0v) is 29.5. The smallest absolute Gasteiger partial charge is 0.115 e. The number of thiophene rings is 1. The second-order valence-corrected chi connectivity index (χ2v) is 14.8. The van der Waals surface area contributed by atoms with E-state index in [0.29, 0.717) is 6.67 Å². The average molecular weight is 697 g/mol. The summed E-state index contributed by atoms with van der Waals surface area (Å²) in [4.78, 5) is 8.99. The summed E-state index contributed by atoms with van der Waals surface area (Å²) in [5.74, 6) is 0. The van der Waals surface area contributed by atoms with E-state index in [0.717, 1.165) is 54.5 Å². The highest BCUT2D eigenvalue weighted by molar-refractivity contribution is 7.21. The number of anilines is 3. The zero-order chi connectivity index (χ0) is 35.0. The fourth-order valence-corrected chi connectivity index (χ4v) is 9.52. The number of nitrogens with zero attached hydrogens (tertiary/aromatic N) is 3. The molecule has 0 saturated heterocycles. The van der Waals surface area contributed by atoms with Crippen molar-refractivity contribution in [3.05, 3.63) is 180 Å². The van der Waals surface area contributed by atoms with Gasteiger partial charge in [0.1, 0.15) is 6.67 Å². The van der Waals surface area contributed by atoms with E-state index in [2.05, 4.69) is 179 Å². The van der Waals surface area contributed by atoms with Gasteiger partial charge in [-0.3, -0.25) is 4.99 Å². The van der Waals surface area contributed by atoms with E-state index >= 15 is 0 Å². The Bertz CT molecular complexity index is 3110. The number of para-hydroxylation sites is 2. The summed E-state index contributed by atoms with van der Waals surface area (Å²) >= 11 is 1.71. The Balaban J connectivity index is 1.16. The van der Waals surface area contributed by atoms with Crippen LogP contribution in [0.3, 0.4) is 0 Å². The maximum Gasteiger partial charge on any atom is 0.115 e. The molecule has 5 heteroatoms. The second-order valence-electron chi connectivity index (χ2n) is 13.7. The van der Waals surface area contributed by atoms with Crippen molar-refractivity contribution in [1.29, 1.82) is 0 Å². The van der Waals surface area contributed by atoms with Crippen LogP contribution < -0.4 is 10.6 Å². The lowest BCUT2D eigenvalue weighted by atomic mass is 9.90. The Morgan fingerprint density at radius 3 is 2.09 bits per heavy atom.